The molecular formula is C9H10F2N2. The standard InChI is InChI=1S/C8H7F2N.CH3N/c1-2-11-8-4-6(9)3-7(10)5-8;1-2/h2-5,11H,1H2;2H,1H2. The van der Waals surface area contributed by atoms with Crippen molar-refractivity contribution in [3.8, 4) is 0 Å². The Bertz CT molecular complexity index is 267. The fourth-order valence-corrected chi connectivity index (χ4v) is 0.755. The molecular weight excluding hydrogens is 174 g/mol. The summed E-state index contributed by atoms with van der Waals surface area (Å²) >= 11 is 0. The molecule has 0 spiro atoms. The van der Waals surface area contributed by atoms with Crippen molar-refractivity contribution in [2.45, 2.75) is 0 Å². The molecule has 0 saturated heterocycles. The second-order valence-corrected chi connectivity index (χ2v) is 2.01. The van der Waals surface area contributed by atoms with Crippen molar-refractivity contribution in [2.75, 3.05) is 5.32 Å². The first-order valence-corrected chi connectivity index (χ1v) is 3.41. The first kappa shape index (κ1) is 11.3. The summed E-state index contributed by atoms with van der Waals surface area (Å²) in [5, 5.41) is 8.07. The van der Waals surface area contributed by atoms with E-state index in [0.717, 1.165) is 6.07 Å². The molecule has 2 nitrogen and oxygen atoms in total. The van der Waals surface area contributed by atoms with E-state index in [0.29, 0.717) is 5.69 Å². The van der Waals surface area contributed by atoms with Crippen LogP contribution in [0, 0.1) is 17.0 Å². The molecule has 0 heterocycles. The van der Waals surface area contributed by atoms with Gasteiger partial charge in [-0.25, -0.2) is 8.78 Å². The van der Waals surface area contributed by atoms with E-state index in [4.69, 9.17) is 5.41 Å². The summed E-state index contributed by atoms with van der Waals surface area (Å²) in [7, 11) is 0. The summed E-state index contributed by atoms with van der Waals surface area (Å²) in [6.07, 6.45) is 1.36. The van der Waals surface area contributed by atoms with Gasteiger partial charge in [0, 0.05) is 11.8 Å². The third-order valence-electron chi connectivity index (χ3n) is 1.13. The smallest absolute Gasteiger partial charge is 0.128 e. The Morgan fingerprint density at radius 3 is 2.00 bits per heavy atom. The van der Waals surface area contributed by atoms with Gasteiger partial charge in [-0.05, 0) is 25.1 Å². The van der Waals surface area contributed by atoms with Gasteiger partial charge in [-0.3, -0.25) is 0 Å². The summed E-state index contributed by atoms with van der Waals surface area (Å²) in [5.74, 6) is -1.20. The van der Waals surface area contributed by atoms with Gasteiger partial charge in [0.1, 0.15) is 11.6 Å². The number of anilines is 1. The number of rotatable bonds is 2. The first-order valence-electron chi connectivity index (χ1n) is 3.41. The minimum absolute atomic E-state index is 0.359. The Labute approximate surface area is 75.4 Å². The van der Waals surface area contributed by atoms with Crippen molar-refractivity contribution in [2.24, 2.45) is 0 Å². The van der Waals surface area contributed by atoms with Crippen LogP contribution in [-0.2, 0) is 0 Å². The van der Waals surface area contributed by atoms with E-state index in [9.17, 15) is 8.78 Å². The summed E-state index contributed by atoms with van der Waals surface area (Å²) in [6, 6.07) is 3.18. The van der Waals surface area contributed by atoms with Crippen LogP contribution in [0.25, 0.3) is 0 Å². The number of nitrogens with one attached hydrogen (secondary N) is 2. The van der Waals surface area contributed by atoms with Crippen LogP contribution >= 0.6 is 0 Å². The Kier molecular flexibility index (Phi) is 5.11. The van der Waals surface area contributed by atoms with Crippen LogP contribution in [0.15, 0.2) is 31.0 Å². The molecule has 0 aliphatic rings. The molecule has 13 heavy (non-hydrogen) atoms. The van der Waals surface area contributed by atoms with Crippen LogP contribution < -0.4 is 5.32 Å². The van der Waals surface area contributed by atoms with Gasteiger partial charge in [0.2, 0.25) is 0 Å². The van der Waals surface area contributed by atoms with Gasteiger partial charge in [0.15, 0.2) is 0 Å². The molecule has 1 aromatic carbocycles. The Morgan fingerprint density at radius 1 is 1.15 bits per heavy atom. The van der Waals surface area contributed by atoms with Crippen LogP contribution in [0.5, 0.6) is 0 Å². The Hall–Kier alpha value is -1.71. The molecule has 0 aliphatic carbocycles. The van der Waals surface area contributed by atoms with E-state index < -0.39 is 11.6 Å². The third kappa shape index (κ3) is 4.00. The fourth-order valence-electron chi connectivity index (χ4n) is 0.755. The first-order chi connectivity index (χ1) is 6.22. The monoisotopic (exact) mass is 184 g/mol. The number of benzene rings is 1. The molecule has 0 aliphatic heterocycles. The highest BCUT2D eigenvalue weighted by molar-refractivity contribution is 5.45. The lowest BCUT2D eigenvalue weighted by molar-refractivity contribution is 0.584. The van der Waals surface area contributed by atoms with Gasteiger partial charge in [0.25, 0.3) is 0 Å². The topological polar surface area (TPSA) is 35.9 Å². The minimum atomic E-state index is -0.602. The molecule has 1 aromatic rings. The van der Waals surface area contributed by atoms with E-state index in [1.54, 1.807) is 0 Å². The summed E-state index contributed by atoms with van der Waals surface area (Å²) < 4.78 is 24.9. The maximum Gasteiger partial charge on any atom is 0.128 e. The Morgan fingerprint density at radius 2 is 1.62 bits per heavy atom. The average Bonchev–Trinajstić information content (AvgIpc) is 2.06. The largest absolute Gasteiger partial charge is 0.362 e. The van der Waals surface area contributed by atoms with Crippen molar-refractivity contribution < 1.29 is 8.78 Å². The highest BCUT2D eigenvalue weighted by Crippen LogP contribution is 2.12. The quantitative estimate of drug-likeness (QED) is 0.681. The van der Waals surface area contributed by atoms with Crippen LogP contribution in [-0.4, -0.2) is 6.72 Å². The van der Waals surface area contributed by atoms with Crippen LogP contribution in [0.1, 0.15) is 0 Å². The van der Waals surface area contributed by atoms with Crippen LogP contribution in [0.4, 0.5) is 14.5 Å². The average molecular weight is 184 g/mol. The van der Waals surface area contributed by atoms with E-state index in [-0.39, 0.29) is 0 Å². The van der Waals surface area contributed by atoms with E-state index in [1.807, 2.05) is 0 Å². The van der Waals surface area contributed by atoms with Gasteiger partial charge >= 0.3 is 0 Å². The molecule has 0 aromatic heterocycles. The third-order valence-corrected chi connectivity index (χ3v) is 1.13. The number of hydrogen-bond acceptors (Lipinski definition) is 2. The highest BCUT2D eigenvalue weighted by Gasteiger charge is 1.97. The fraction of sp³-hybridized carbons (Fsp3) is 0. The second kappa shape index (κ2) is 5.88. The van der Waals surface area contributed by atoms with Gasteiger partial charge < -0.3 is 10.7 Å². The van der Waals surface area contributed by atoms with Crippen molar-refractivity contribution in [3.63, 3.8) is 0 Å². The number of hydrogen-bond donors (Lipinski definition) is 2. The van der Waals surface area contributed by atoms with Crippen molar-refractivity contribution in [1.82, 2.24) is 0 Å². The molecule has 0 unspecified atom stereocenters. The lowest BCUT2D eigenvalue weighted by Crippen LogP contribution is -1.88. The second-order valence-electron chi connectivity index (χ2n) is 2.01. The van der Waals surface area contributed by atoms with Gasteiger partial charge in [-0.2, -0.15) is 0 Å². The van der Waals surface area contributed by atoms with Crippen molar-refractivity contribution >= 4 is 12.4 Å². The molecule has 0 radical (unpaired) electrons. The van der Waals surface area contributed by atoms with Crippen molar-refractivity contribution in [3.05, 3.63) is 42.6 Å². The molecule has 0 amide bonds. The maximum absolute atomic E-state index is 12.4. The molecule has 1 rings (SSSR count). The molecule has 0 bridgehead atoms. The van der Waals surface area contributed by atoms with Crippen LogP contribution in [0.2, 0.25) is 0 Å². The summed E-state index contributed by atoms with van der Waals surface area (Å²) in [5.41, 5.74) is 0.359. The SMILES string of the molecule is C=CNc1cc(F)cc(F)c1.C=N. The van der Waals surface area contributed by atoms with E-state index in [2.05, 4.69) is 18.6 Å². The highest BCUT2D eigenvalue weighted by atomic mass is 19.1. The number of halogens is 2. The lowest BCUT2D eigenvalue weighted by Gasteiger charge is -1.99. The van der Waals surface area contributed by atoms with E-state index in [1.165, 1.54) is 18.3 Å². The van der Waals surface area contributed by atoms with E-state index >= 15 is 0 Å². The molecule has 0 saturated carbocycles. The predicted octanol–water partition coefficient (Wildman–Crippen LogP) is 2.79. The van der Waals surface area contributed by atoms with Gasteiger partial charge in [-0.1, -0.05) is 6.58 Å². The summed E-state index contributed by atoms with van der Waals surface area (Å²) in [4.78, 5) is 0. The Balaban J connectivity index is 0.000000671. The van der Waals surface area contributed by atoms with Gasteiger partial charge in [0.05, 0.1) is 0 Å². The molecule has 70 valence electrons. The maximum atomic E-state index is 12.4. The lowest BCUT2D eigenvalue weighted by atomic mass is 10.3. The van der Waals surface area contributed by atoms with Gasteiger partial charge in [-0.15, -0.1) is 0 Å². The zero-order valence-corrected chi connectivity index (χ0v) is 6.98. The van der Waals surface area contributed by atoms with Crippen LogP contribution in [0.3, 0.4) is 0 Å². The minimum Gasteiger partial charge on any atom is -0.362 e. The molecule has 0 atom stereocenters. The molecule has 0 fully saturated rings. The normalized spacial score (nSPS) is 8.15. The zero-order valence-electron chi connectivity index (χ0n) is 6.98. The summed E-state index contributed by atoms with van der Waals surface area (Å²) in [6.45, 7) is 5.86. The molecule has 2 N–H and O–H groups in total. The molecule has 4 heteroatoms. The zero-order chi connectivity index (χ0) is 10.3. The van der Waals surface area contributed by atoms with Crippen molar-refractivity contribution in [1.29, 1.82) is 5.41 Å². The predicted molar refractivity (Wildman–Crippen MR) is 50.0 cm³/mol.